The standard InChI is InChI=1S/C20H24O6/c1-4-6-12-8-14(21)10-16(18(12)20(23)24)26-19-13(7-5-2)9-15(22)11-17(19)25-3/h8-11,21-22H,4-7H2,1-3H3,(H,23,24). The maximum atomic E-state index is 11.8. The van der Waals surface area contributed by atoms with E-state index in [1.807, 2.05) is 13.8 Å². The van der Waals surface area contributed by atoms with Gasteiger partial charge in [0.15, 0.2) is 11.5 Å². The van der Waals surface area contributed by atoms with Crippen LogP contribution in [0, 0.1) is 0 Å². The second kappa shape index (κ2) is 8.47. The first-order valence-corrected chi connectivity index (χ1v) is 8.58. The predicted octanol–water partition coefficient (Wildman–Crippen LogP) is 4.50. The van der Waals surface area contributed by atoms with Crippen LogP contribution >= 0.6 is 0 Å². The van der Waals surface area contributed by atoms with Crippen LogP contribution in [-0.2, 0) is 12.8 Å². The Morgan fingerprint density at radius 2 is 1.46 bits per heavy atom. The third-order valence-electron chi connectivity index (χ3n) is 3.97. The monoisotopic (exact) mass is 360 g/mol. The molecule has 0 aliphatic carbocycles. The van der Waals surface area contributed by atoms with Gasteiger partial charge in [-0.1, -0.05) is 26.7 Å². The van der Waals surface area contributed by atoms with Gasteiger partial charge < -0.3 is 24.8 Å². The first-order chi connectivity index (χ1) is 12.4. The van der Waals surface area contributed by atoms with Crippen LogP contribution in [0.4, 0.5) is 0 Å². The molecule has 0 saturated heterocycles. The van der Waals surface area contributed by atoms with Crippen LogP contribution in [0.25, 0.3) is 0 Å². The van der Waals surface area contributed by atoms with Crippen LogP contribution in [0.5, 0.6) is 28.7 Å². The van der Waals surface area contributed by atoms with Crippen LogP contribution < -0.4 is 9.47 Å². The smallest absolute Gasteiger partial charge is 0.339 e. The van der Waals surface area contributed by atoms with Gasteiger partial charge in [0.1, 0.15) is 22.8 Å². The number of rotatable bonds is 8. The Morgan fingerprint density at radius 3 is 2.00 bits per heavy atom. The van der Waals surface area contributed by atoms with Crippen LogP contribution in [0.15, 0.2) is 24.3 Å². The van der Waals surface area contributed by atoms with Gasteiger partial charge >= 0.3 is 5.97 Å². The molecule has 0 heterocycles. The van der Waals surface area contributed by atoms with Gasteiger partial charge in [-0.3, -0.25) is 0 Å². The number of methoxy groups -OCH3 is 1. The quantitative estimate of drug-likeness (QED) is 0.641. The molecule has 0 unspecified atom stereocenters. The van der Waals surface area contributed by atoms with Crippen LogP contribution in [0.1, 0.15) is 48.2 Å². The van der Waals surface area contributed by atoms with Crippen molar-refractivity contribution in [2.45, 2.75) is 39.5 Å². The molecule has 0 bridgehead atoms. The van der Waals surface area contributed by atoms with Crippen molar-refractivity contribution in [3.8, 4) is 28.7 Å². The second-order valence-corrected chi connectivity index (χ2v) is 6.02. The summed E-state index contributed by atoms with van der Waals surface area (Å²) in [5.74, 6) is -0.477. The molecular weight excluding hydrogens is 336 g/mol. The molecule has 6 nitrogen and oxygen atoms in total. The zero-order valence-electron chi connectivity index (χ0n) is 15.2. The maximum absolute atomic E-state index is 11.8. The van der Waals surface area contributed by atoms with Crippen molar-refractivity contribution in [3.63, 3.8) is 0 Å². The number of aromatic hydroxyl groups is 2. The molecule has 0 fully saturated rings. The molecule has 0 amide bonds. The van der Waals surface area contributed by atoms with Gasteiger partial charge in [-0.05, 0) is 30.5 Å². The van der Waals surface area contributed by atoms with Gasteiger partial charge in [0.2, 0.25) is 0 Å². The van der Waals surface area contributed by atoms with Crippen molar-refractivity contribution < 1.29 is 29.6 Å². The van der Waals surface area contributed by atoms with Crippen LogP contribution in [-0.4, -0.2) is 28.4 Å². The van der Waals surface area contributed by atoms with Gasteiger partial charge in [-0.25, -0.2) is 4.79 Å². The number of phenols is 2. The average Bonchev–Trinajstić information content (AvgIpc) is 2.56. The molecule has 0 aliphatic heterocycles. The lowest BCUT2D eigenvalue weighted by Gasteiger charge is -2.18. The Morgan fingerprint density at radius 1 is 0.923 bits per heavy atom. The number of benzene rings is 2. The molecule has 0 radical (unpaired) electrons. The molecule has 0 saturated carbocycles. The summed E-state index contributed by atoms with van der Waals surface area (Å²) in [5.41, 5.74) is 1.22. The Balaban J connectivity index is 2.63. The molecule has 3 N–H and O–H groups in total. The summed E-state index contributed by atoms with van der Waals surface area (Å²) in [4.78, 5) is 11.8. The van der Waals surface area contributed by atoms with E-state index in [9.17, 15) is 20.1 Å². The molecule has 6 heteroatoms. The minimum Gasteiger partial charge on any atom is -0.508 e. The summed E-state index contributed by atoms with van der Waals surface area (Å²) < 4.78 is 11.2. The maximum Gasteiger partial charge on any atom is 0.339 e. The zero-order chi connectivity index (χ0) is 19.3. The van der Waals surface area contributed by atoms with Crippen molar-refractivity contribution in [1.82, 2.24) is 0 Å². The Hall–Kier alpha value is -2.89. The molecule has 26 heavy (non-hydrogen) atoms. The fourth-order valence-corrected chi connectivity index (χ4v) is 2.92. The largest absolute Gasteiger partial charge is 0.508 e. The lowest BCUT2D eigenvalue weighted by molar-refractivity contribution is 0.0692. The summed E-state index contributed by atoms with van der Waals surface area (Å²) in [6, 6.07) is 5.70. The van der Waals surface area contributed by atoms with E-state index in [0.717, 1.165) is 12.8 Å². The average molecular weight is 360 g/mol. The van der Waals surface area contributed by atoms with E-state index in [1.54, 1.807) is 6.07 Å². The summed E-state index contributed by atoms with van der Waals surface area (Å²) in [6.07, 6.45) is 2.65. The van der Waals surface area contributed by atoms with E-state index in [-0.39, 0.29) is 22.8 Å². The number of aryl methyl sites for hydroxylation is 2. The number of carbonyl (C=O) groups is 1. The normalized spacial score (nSPS) is 10.6. The molecule has 2 aromatic rings. The van der Waals surface area contributed by atoms with Gasteiger partial charge in [0.05, 0.1) is 7.11 Å². The topological polar surface area (TPSA) is 96.2 Å². The molecule has 0 spiro atoms. The van der Waals surface area contributed by atoms with Gasteiger partial charge in [0.25, 0.3) is 0 Å². The highest BCUT2D eigenvalue weighted by Gasteiger charge is 2.22. The number of ether oxygens (including phenoxy) is 2. The number of hydrogen-bond donors (Lipinski definition) is 3. The highest BCUT2D eigenvalue weighted by Crippen LogP contribution is 2.41. The minimum atomic E-state index is -1.13. The van der Waals surface area contributed by atoms with E-state index in [0.29, 0.717) is 35.5 Å². The number of phenolic OH excluding ortho intramolecular Hbond substituents is 2. The summed E-state index contributed by atoms with van der Waals surface area (Å²) in [7, 11) is 1.44. The van der Waals surface area contributed by atoms with E-state index in [4.69, 9.17) is 9.47 Å². The highest BCUT2D eigenvalue weighted by atomic mass is 16.5. The molecule has 140 valence electrons. The molecule has 2 aromatic carbocycles. The second-order valence-electron chi connectivity index (χ2n) is 6.02. The predicted molar refractivity (Wildman–Crippen MR) is 97.8 cm³/mol. The highest BCUT2D eigenvalue weighted by molar-refractivity contribution is 5.93. The summed E-state index contributed by atoms with van der Waals surface area (Å²) >= 11 is 0. The minimum absolute atomic E-state index is 0.0160. The number of aromatic carboxylic acids is 1. The van der Waals surface area contributed by atoms with Gasteiger partial charge in [-0.2, -0.15) is 0 Å². The number of hydrogen-bond acceptors (Lipinski definition) is 5. The van der Waals surface area contributed by atoms with Crippen LogP contribution in [0.2, 0.25) is 0 Å². The molecule has 2 rings (SSSR count). The zero-order valence-corrected chi connectivity index (χ0v) is 15.2. The van der Waals surface area contributed by atoms with E-state index < -0.39 is 5.97 Å². The third kappa shape index (κ3) is 4.20. The Bertz CT molecular complexity index is 797. The fourth-order valence-electron chi connectivity index (χ4n) is 2.92. The summed E-state index contributed by atoms with van der Waals surface area (Å²) in [5, 5.41) is 29.5. The van der Waals surface area contributed by atoms with Gasteiger partial charge in [-0.15, -0.1) is 0 Å². The number of carboxylic acids is 1. The fraction of sp³-hybridized carbons (Fsp3) is 0.350. The lowest BCUT2D eigenvalue weighted by atomic mass is 10.0. The van der Waals surface area contributed by atoms with Crippen molar-refractivity contribution in [1.29, 1.82) is 0 Å². The SMILES string of the molecule is CCCc1cc(O)cc(OC)c1Oc1cc(O)cc(CCC)c1C(=O)O. The first-order valence-electron chi connectivity index (χ1n) is 8.58. The molecule has 0 atom stereocenters. The first kappa shape index (κ1) is 19.4. The number of carboxylic acid groups (broad SMARTS) is 1. The van der Waals surface area contributed by atoms with Crippen molar-refractivity contribution in [2.24, 2.45) is 0 Å². The van der Waals surface area contributed by atoms with E-state index in [2.05, 4.69) is 0 Å². The van der Waals surface area contributed by atoms with Crippen molar-refractivity contribution in [3.05, 3.63) is 41.0 Å². The molecule has 0 aromatic heterocycles. The van der Waals surface area contributed by atoms with Gasteiger partial charge in [0, 0.05) is 17.7 Å². The lowest BCUT2D eigenvalue weighted by Crippen LogP contribution is -2.06. The van der Waals surface area contributed by atoms with Crippen molar-refractivity contribution in [2.75, 3.05) is 7.11 Å². The molecule has 0 aliphatic rings. The van der Waals surface area contributed by atoms with Crippen molar-refractivity contribution >= 4 is 5.97 Å². The van der Waals surface area contributed by atoms with E-state index >= 15 is 0 Å². The Labute approximate surface area is 152 Å². The van der Waals surface area contributed by atoms with Crippen LogP contribution in [0.3, 0.4) is 0 Å². The third-order valence-corrected chi connectivity index (χ3v) is 3.97. The Kier molecular flexibility index (Phi) is 6.33. The molecular formula is C20H24O6. The van der Waals surface area contributed by atoms with E-state index in [1.165, 1.54) is 25.3 Å². The summed E-state index contributed by atoms with van der Waals surface area (Å²) in [6.45, 7) is 3.91.